The van der Waals surface area contributed by atoms with Gasteiger partial charge in [-0.05, 0) is 62.9 Å². The number of ether oxygens (including phenoxy) is 2. The molecule has 1 aliphatic rings. The molecule has 11 nitrogen and oxygen atoms in total. The van der Waals surface area contributed by atoms with Crippen LogP contribution in [-0.2, 0) is 16.1 Å². The van der Waals surface area contributed by atoms with Crippen molar-refractivity contribution in [2.24, 2.45) is 0 Å². The van der Waals surface area contributed by atoms with E-state index in [4.69, 9.17) is 9.47 Å². The van der Waals surface area contributed by atoms with Crippen molar-refractivity contribution < 1.29 is 23.9 Å². The van der Waals surface area contributed by atoms with E-state index in [-0.39, 0.29) is 24.0 Å². The van der Waals surface area contributed by atoms with Crippen LogP contribution in [0.4, 0.5) is 26.7 Å². The Morgan fingerprint density at radius 2 is 1.83 bits per heavy atom. The maximum atomic E-state index is 13.9. The minimum Gasteiger partial charge on any atom is -0.444 e. The number of pyridine rings is 2. The van der Waals surface area contributed by atoms with Gasteiger partial charge < -0.3 is 25.0 Å². The van der Waals surface area contributed by atoms with Crippen LogP contribution in [0.2, 0.25) is 0 Å². The van der Waals surface area contributed by atoms with Gasteiger partial charge in [0.1, 0.15) is 12.2 Å². The van der Waals surface area contributed by atoms with Crippen LogP contribution >= 0.6 is 0 Å². The Morgan fingerprint density at radius 1 is 1.02 bits per heavy atom. The first-order valence-electron chi connectivity index (χ1n) is 15.1. The number of aromatic nitrogens is 2. The molecule has 0 unspecified atom stereocenters. The molecule has 3 N–H and O–H groups in total. The molecular weight excluding hydrogens is 584 g/mol. The van der Waals surface area contributed by atoms with Crippen LogP contribution < -0.4 is 20.9 Å². The van der Waals surface area contributed by atoms with Gasteiger partial charge in [0.2, 0.25) is 0 Å². The fraction of sp³-hybridized carbons (Fsp3) is 0.286. The summed E-state index contributed by atoms with van der Waals surface area (Å²) in [5.41, 5.74) is 3.03. The number of nitrogens with one attached hydrogen (secondary N) is 3. The normalized spacial score (nSPS) is 14.7. The molecule has 1 atom stereocenters. The number of carbonyl (C=O) groups excluding carboxylic acids is 3. The molecule has 1 fully saturated rings. The lowest BCUT2D eigenvalue weighted by Crippen LogP contribution is -2.49. The van der Waals surface area contributed by atoms with Crippen molar-refractivity contribution in [2.75, 3.05) is 28.6 Å². The fourth-order valence-electron chi connectivity index (χ4n) is 5.18. The molecule has 2 aromatic carbocycles. The number of carbonyl (C=O) groups is 3. The van der Waals surface area contributed by atoms with Gasteiger partial charge >= 0.3 is 12.2 Å². The van der Waals surface area contributed by atoms with Crippen LogP contribution in [0.15, 0.2) is 79.6 Å². The summed E-state index contributed by atoms with van der Waals surface area (Å²) in [6, 6.07) is 18.2. The van der Waals surface area contributed by atoms with Gasteiger partial charge in [-0.25, -0.2) is 14.6 Å². The molecule has 2 aromatic heterocycles. The van der Waals surface area contributed by atoms with Crippen molar-refractivity contribution in [1.29, 1.82) is 0 Å². The van der Waals surface area contributed by atoms with E-state index >= 15 is 0 Å². The third-order valence-corrected chi connectivity index (χ3v) is 7.27. The number of alkyl carbamates (subject to hydrolysis) is 1. The second-order valence-corrected chi connectivity index (χ2v) is 12.0. The highest BCUT2D eigenvalue weighted by atomic mass is 16.6. The van der Waals surface area contributed by atoms with Gasteiger partial charge in [0.05, 0.1) is 28.8 Å². The summed E-state index contributed by atoms with van der Waals surface area (Å²) in [6.07, 6.45) is 5.35. The topological polar surface area (TPSA) is 135 Å². The first-order chi connectivity index (χ1) is 22.1. The summed E-state index contributed by atoms with van der Waals surface area (Å²) in [7, 11) is 0. The van der Waals surface area contributed by atoms with Gasteiger partial charge in [-0.3, -0.25) is 15.1 Å². The quantitative estimate of drug-likeness (QED) is 0.196. The molecule has 0 spiro atoms. The first kappa shape index (κ1) is 32.0. The Hall–Kier alpha value is -5.45. The number of hydrogen-bond donors (Lipinski definition) is 3. The number of rotatable bonds is 8. The number of benzene rings is 2. The Balaban J connectivity index is 1.37. The number of hydrogen-bond acceptors (Lipinski definition) is 8. The van der Waals surface area contributed by atoms with Gasteiger partial charge in [-0.1, -0.05) is 55.1 Å². The van der Waals surface area contributed by atoms with Crippen molar-refractivity contribution in [3.8, 4) is 0 Å². The van der Waals surface area contributed by atoms with Crippen molar-refractivity contribution >= 4 is 52.1 Å². The van der Waals surface area contributed by atoms with Gasteiger partial charge in [0, 0.05) is 30.7 Å². The number of piperidine rings is 1. The van der Waals surface area contributed by atoms with Crippen molar-refractivity contribution in [3.05, 3.63) is 96.5 Å². The van der Waals surface area contributed by atoms with Crippen LogP contribution in [-0.4, -0.2) is 52.8 Å². The predicted octanol–water partition coefficient (Wildman–Crippen LogP) is 6.77. The highest BCUT2D eigenvalue weighted by molar-refractivity contribution is 6.11. The average Bonchev–Trinajstić information content (AvgIpc) is 3.03. The minimum absolute atomic E-state index is 0.00305. The zero-order valence-electron chi connectivity index (χ0n) is 26.2. The van der Waals surface area contributed by atoms with Crippen LogP contribution in [0.3, 0.4) is 0 Å². The van der Waals surface area contributed by atoms with E-state index in [9.17, 15) is 14.4 Å². The van der Waals surface area contributed by atoms with Crippen LogP contribution in [0.25, 0.3) is 17.0 Å². The summed E-state index contributed by atoms with van der Waals surface area (Å²) >= 11 is 0. The molecule has 0 bridgehead atoms. The monoisotopic (exact) mass is 622 g/mol. The zero-order chi connectivity index (χ0) is 32.7. The average molecular weight is 623 g/mol. The van der Waals surface area contributed by atoms with E-state index in [0.29, 0.717) is 17.7 Å². The highest BCUT2D eigenvalue weighted by Gasteiger charge is 2.26. The third kappa shape index (κ3) is 8.38. The van der Waals surface area contributed by atoms with Crippen molar-refractivity contribution in [2.45, 2.75) is 51.9 Å². The van der Waals surface area contributed by atoms with Crippen LogP contribution in [0.5, 0.6) is 0 Å². The van der Waals surface area contributed by atoms with Gasteiger partial charge in [0.25, 0.3) is 5.91 Å². The Labute approximate surface area is 268 Å². The number of anilines is 3. The SMILES string of the molecule is C=Cc1ccc2cc(NC(=O)OCc3ccccc3)c(C(=O)Nc3cnccc3N3CCC[C@H](NC(=O)OC(C)(C)C)C3)nc2c1. The molecular formula is C35H38N6O5. The summed E-state index contributed by atoms with van der Waals surface area (Å²) in [6.45, 7) is 10.6. The van der Waals surface area contributed by atoms with E-state index in [0.717, 1.165) is 41.6 Å². The number of amides is 3. The van der Waals surface area contributed by atoms with E-state index in [2.05, 4.69) is 37.4 Å². The lowest BCUT2D eigenvalue weighted by molar-refractivity contribution is 0.0499. The molecule has 3 amide bonds. The maximum Gasteiger partial charge on any atom is 0.412 e. The minimum atomic E-state index is -0.722. The Bertz CT molecular complexity index is 1740. The van der Waals surface area contributed by atoms with E-state index in [1.807, 2.05) is 75.4 Å². The predicted molar refractivity (Wildman–Crippen MR) is 179 cm³/mol. The number of nitrogens with zero attached hydrogens (tertiary/aromatic N) is 3. The molecule has 11 heteroatoms. The van der Waals surface area contributed by atoms with E-state index in [1.54, 1.807) is 24.5 Å². The lowest BCUT2D eigenvalue weighted by Gasteiger charge is -2.35. The second-order valence-electron chi connectivity index (χ2n) is 12.0. The number of fused-ring (bicyclic) bond motifs is 1. The Morgan fingerprint density at radius 3 is 2.59 bits per heavy atom. The molecule has 3 heterocycles. The van der Waals surface area contributed by atoms with E-state index in [1.165, 1.54) is 0 Å². The molecule has 46 heavy (non-hydrogen) atoms. The first-order valence-corrected chi connectivity index (χ1v) is 15.1. The molecule has 0 aliphatic carbocycles. The Kier molecular flexibility index (Phi) is 9.80. The van der Waals surface area contributed by atoms with Crippen LogP contribution in [0.1, 0.15) is 55.2 Å². The van der Waals surface area contributed by atoms with E-state index < -0.39 is 23.7 Å². The van der Waals surface area contributed by atoms with Gasteiger partial charge in [-0.2, -0.15) is 0 Å². The summed E-state index contributed by atoms with van der Waals surface area (Å²) in [5, 5.41) is 9.33. The van der Waals surface area contributed by atoms with Crippen LogP contribution in [0, 0.1) is 0 Å². The molecule has 1 saturated heterocycles. The van der Waals surface area contributed by atoms with Crippen molar-refractivity contribution in [3.63, 3.8) is 0 Å². The maximum absolute atomic E-state index is 13.9. The van der Waals surface area contributed by atoms with Gasteiger partial charge in [0.15, 0.2) is 5.69 Å². The molecule has 0 radical (unpaired) electrons. The molecule has 238 valence electrons. The molecule has 5 rings (SSSR count). The molecule has 4 aromatic rings. The lowest BCUT2D eigenvalue weighted by atomic mass is 10.0. The summed E-state index contributed by atoms with van der Waals surface area (Å²) < 4.78 is 10.9. The summed E-state index contributed by atoms with van der Waals surface area (Å²) in [4.78, 5) is 50.1. The highest BCUT2D eigenvalue weighted by Crippen LogP contribution is 2.30. The van der Waals surface area contributed by atoms with Crippen molar-refractivity contribution in [1.82, 2.24) is 15.3 Å². The fourth-order valence-corrected chi connectivity index (χ4v) is 5.18. The second kappa shape index (κ2) is 14.1. The smallest absolute Gasteiger partial charge is 0.412 e. The standard InChI is InChI=1S/C35H38N6O5/c1-5-23-13-14-25-19-28(40-33(43)45-22-24-10-7-6-8-11-24)31(38-27(25)18-23)32(42)39-29-20-36-16-15-30(29)41-17-9-12-26(21-41)37-34(44)46-35(2,3)4/h5-8,10-11,13-16,18-20,26H,1,9,12,17,21-22H2,2-4H3,(H,37,44)(H,39,42)(H,40,43)/t26-/m0/s1. The third-order valence-electron chi connectivity index (χ3n) is 7.27. The van der Waals surface area contributed by atoms with Gasteiger partial charge in [-0.15, -0.1) is 0 Å². The zero-order valence-corrected chi connectivity index (χ0v) is 26.2. The molecule has 0 saturated carbocycles. The molecule has 1 aliphatic heterocycles. The largest absolute Gasteiger partial charge is 0.444 e. The summed E-state index contributed by atoms with van der Waals surface area (Å²) in [5.74, 6) is -0.543.